The standard InChI is InChI=1S/C16H23NO2/c1-13(12-19-2)17-10-8-15(9-11-17)16(18)14-6-4-3-5-7-14/h3-7,13,15H,8-12H2,1-2H3. The number of carbonyl (C=O) groups excluding carboxylic acids is 1. The van der Waals surface area contributed by atoms with Crippen molar-refractivity contribution in [2.45, 2.75) is 25.8 Å². The number of methoxy groups -OCH3 is 1. The van der Waals surface area contributed by atoms with Crippen molar-refractivity contribution in [3.63, 3.8) is 0 Å². The van der Waals surface area contributed by atoms with Crippen molar-refractivity contribution in [1.29, 1.82) is 0 Å². The molecule has 1 unspecified atom stereocenters. The van der Waals surface area contributed by atoms with E-state index in [1.54, 1.807) is 7.11 Å². The first kappa shape index (κ1) is 14.2. The number of rotatable bonds is 5. The molecule has 3 nitrogen and oxygen atoms in total. The summed E-state index contributed by atoms with van der Waals surface area (Å²) in [5, 5.41) is 0. The molecule has 1 aliphatic heterocycles. The van der Waals surface area contributed by atoms with E-state index >= 15 is 0 Å². The van der Waals surface area contributed by atoms with Gasteiger partial charge in [0.2, 0.25) is 0 Å². The summed E-state index contributed by atoms with van der Waals surface area (Å²) >= 11 is 0. The number of likely N-dealkylation sites (tertiary alicyclic amines) is 1. The van der Waals surface area contributed by atoms with Crippen LogP contribution in [-0.4, -0.2) is 43.5 Å². The zero-order valence-corrected chi connectivity index (χ0v) is 11.8. The molecule has 104 valence electrons. The van der Waals surface area contributed by atoms with Crippen LogP contribution in [0.2, 0.25) is 0 Å². The summed E-state index contributed by atoms with van der Waals surface area (Å²) in [4.78, 5) is 14.8. The second kappa shape index (κ2) is 6.83. The van der Waals surface area contributed by atoms with Gasteiger partial charge in [-0.2, -0.15) is 0 Å². The average molecular weight is 261 g/mol. The minimum Gasteiger partial charge on any atom is -0.383 e. The molecule has 3 heteroatoms. The van der Waals surface area contributed by atoms with E-state index in [-0.39, 0.29) is 5.92 Å². The number of ether oxygens (including phenoxy) is 1. The Morgan fingerprint density at radius 2 is 1.95 bits per heavy atom. The average Bonchev–Trinajstić information content (AvgIpc) is 2.48. The first-order valence-corrected chi connectivity index (χ1v) is 7.04. The molecule has 0 amide bonds. The van der Waals surface area contributed by atoms with Gasteiger partial charge in [-0.15, -0.1) is 0 Å². The number of ketones is 1. The zero-order valence-electron chi connectivity index (χ0n) is 11.8. The first-order chi connectivity index (χ1) is 9.22. The van der Waals surface area contributed by atoms with E-state index in [1.807, 2.05) is 30.3 Å². The van der Waals surface area contributed by atoms with Crippen LogP contribution in [0.4, 0.5) is 0 Å². The fraction of sp³-hybridized carbons (Fsp3) is 0.562. The lowest BCUT2D eigenvalue weighted by molar-refractivity contribution is 0.0637. The number of carbonyl (C=O) groups is 1. The quantitative estimate of drug-likeness (QED) is 0.763. The Hall–Kier alpha value is -1.19. The number of Topliss-reactive ketones (excluding diaryl/α,β-unsaturated/α-hetero) is 1. The number of hydrogen-bond acceptors (Lipinski definition) is 3. The van der Waals surface area contributed by atoms with Gasteiger partial charge in [0.1, 0.15) is 0 Å². The molecule has 19 heavy (non-hydrogen) atoms. The van der Waals surface area contributed by atoms with Gasteiger partial charge in [-0.25, -0.2) is 0 Å². The molecule has 1 saturated heterocycles. The normalized spacial score (nSPS) is 19.3. The lowest BCUT2D eigenvalue weighted by atomic mass is 9.88. The molecule has 0 bridgehead atoms. The van der Waals surface area contributed by atoms with E-state index < -0.39 is 0 Å². The van der Waals surface area contributed by atoms with Crippen LogP contribution in [0.5, 0.6) is 0 Å². The van der Waals surface area contributed by atoms with E-state index in [0.717, 1.165) is 38.1 Å². The van der Waals surface area contributed by atoms with Crippen molar-refractivity contribution < 1.29 is 9.53 Å². The highest BCUT2D eigenvalue weighted by atomic mass is 16.5. The van der Waals surface area contributed by atoms with Crippen molar-refractivity contribution in [1.82, 2.24) is 4.90 Å². The maximum Gasteiger partial charge on any atom is 0.166 e. The second-order valence-electron chi connectivity index (χ2n) is 5.34. The van der Waals surface area contributed by atoms with Crippen molar-refractivity contribution in [3.05, 3.63) is 35.9 Å². The van der Waals surface area contributed by atoms with E-state index in [9.17, 15) is 4.79 Å². The van der Waals surface area contributed by atoms with E-state index in [4.69, 9.17) is 4.74 Å². The van der Waals surface area contributed by atoms with Crippen LogP contribution < -0.4 is 0 Å². The molecule has 1 aliphatic rings. The van der Waals surface area contributed by atoms with Gasteiger partial charge in [0.25, 0.3) is 0 Å². The Labute approximate surface area is 115 Å². The summed E-state index contributed by atoms with van der Waals surface area (Å²) in [6, 6.07) is 10.1. The number of hydrogen-bond donors (Lipinski definition) is 0. The van der Waals surface area contributed by atoms with Gasteiger partial charge >= 0.3 is 0 Å². The van der Waals surface area contributed by atoms with E-state index in [1.165, 1.54) is 0 Å². The number of piperidine rings is 1. The highest BCUT2D eigenvalue weighted by Crippen LogP contribution is 2.22. The highest BCUT2D eigenvalue weighted by molar-refractivity contribution is 5.97. The van der Waals surface area contributed by atoms with Gasteiger partial charge in [0.05, 0.1) is 6.61 Å². The monoisotopic (exact) mass is 261 g/mol. The molecule has 0 saturated carbocycles. The SMILES string of the molecule is COCC(C)N1CCC(C(=O)c2ccccc2)CC1. The fourth-order valence-electron chi connectivity index (χ4n) is 2.79. The van der Waals surface area contributed by atoms with Crippen molar-refractivity contribution >= 4 is 5.78 Å². The van der Waals surface area contributed by atoms with Crippen LogP contribution >= 0.6 is 0 Å². The molecule has 0 radical (unpaired) electrons. The van der Waals surface area contributed by atoms with Gasteiger partial charge in [0, 0.05) is 24.6 Å². The summed E-state index contributed by atoms with van der Waals surface area (Å²) in [5.74, 6) is 0.494. The predicted molar refractivity (Wildman–Crippen MR) is 76.4 cm³/mol. The van der Waals surface area contributed by atoms with Gasteiger partial charge < -0.3 is 4.74 Å². The Kier molecular flexibility index (Phi) is 5.11. The predicted octanol–water partition coefficient (Wildman–Crippen LogP) is 2.62. The molecule has 1 aromatic rings. The van der Waals surface area contributed by atoms with Crippen LogP contribution in [-0.2, 0) is 4.74 Å². The summed E-state index contributed by atoms with van der Waals surface area (Å²) in [7, 11) is 1.74. The maximum absolute atomic E-state index is 12.4. The summed E-state index contributed by atoms with van der Waals surface area (Å²) in [6.07, 6.45) is 1.92. The molecule has 0 spiro atoms. The van der Waals surface area contributed by atoms with Crippen molar-refractivity contribution in [2.24, 2.45) is 5.92 Å². The van der Waals surface area contributed by atoms with E-state index in [2.05, 4.69) is 11.8 Å². The molecular weight excluding hydrogens is 238 g/mol. The molecule has 1 atom stereocenters. The third-order valence-corrected chi connectivity index (χ3v) is 3.99. The minimum atomic E-state index is 0.188. The molecule has 1 heterocycles. The first-order valence-electron chi connectivity index (χ1n) is 7.04. The Morgan fingerprint density at radius 1 is 1.32 bits per heavy atom. The topological polar surface area (TPSA) is 29.5 Å². The largest absolute Gasteiger partial charge is 0.383 e. The van der Waals surface area contributed by atoms with E-state index in [0.29, 0.717) is 11.8 Å². The van der Waals surface area contributed by atoms with Gasteiger partial charge in [-0.3, -0.25) is 9.69 Å². The summed E-state index contributed by atoms with van der Waals surface area (Å²) in [6.45, 7) is 4.93. The Morgan fingerprint density at radius 3 is 2.53 bits per heavy atom. The zero-order chi connectivity index (χ0) is 13.7. The van der Waals surface area contributed by atoms with Crippen molar-refractivity contribution in [3.8, 4) is 0 Å². The summed E-state index contributed by atoms with van der Waals surface area (Å²) < 4.78 is 5.19. The van der Waals surface area contributed by atoms with Crippen LogP contribution in [0, 0.1) is 5.92 Å². The molecule has 1 fully saturated rings. The lowest BCUT2D eigenvalue weighted by Gasteiger charge is -2.35. The van der Waals surface area contributed by atoms with Gasteiger partial charge in [0.15, 0.2) is 5.78 Å². The molecule has 2 rings (SSSR count). The lowest BCUT2D eigenvalue weighted by Crippen LogP contribution is -2.43. The number of benzene rings is 1. The smallest absolute Gasteiger partial charge is 0.166 e. The number of nitrogens with zero attached hydrogens (tertiary/aromatic N) is 1. The fourth-order valence-corrected chi connectivity index (χ4v) is 2.79. The summed E-state index contributed by atoms with van der Waals surface area (Å²) in [5.41, 5.74) is 0.853. The van der Waals surface area contributed by atoms with Crippen LogP contribution in [0.25, 0.3) is 0 Å². The van der Waals surface area contributed by atoms with Gasteiger partial charge in [-0.1, -0.05) is 30.3 Å². The molecule has 0 aliphatic carbocycles. The molecular formula is C16H23NO2. The molecule has 0 N–H and O–H groups in total. The van der Waals surface area contributed by atoms with Crippen LogP contribution in [0.3, 0.4) is 0 Å². The minimum absolute atomic E-state index is 0.188. The third-order valence-electron chi connectivity index (χ3n) is 3.99. The van der Waals surface area contributed by atoms with Crippen LogP contribution in [0.1, 0.15) is 30.1 Å². The Bertz CT molecular complexity index is 396. The Balaban J connectivity index is 1.88. The van der Waals surface area contributed by atoms with Crippen LogP contribution in [0.15, 0.2) is 30.3 Å². The van der Waals surface area contributed by atoms with Crippen molar-refractivity contribution in [2.75, 3.05) is 26.8 Å². The third kappa shape index (κ3) is 3.64. The molecule has 1 aromatic carbocycles. The van der Waals surface area contributed by atoms with Gasteiger partial charge in [-0.05, 0) is 32.9 Å². The maximum atomic E-state index is 12.4. The molecule has 0 aromatic heterocycles. The second-order valence-corrected chi connectivity index (χ2v) is 5.34. The highest BCUT2D eigenvalue weighted by Gasteiger charge is 2.27.